The van der Waals surface area contributed by atoms with Gasteiger partial charge in [0.15, 0.2) is 0 Å². The van der Waals surface area contributed by atoms with Crippen LogP contribution in [-0.2, 0) is 6.42 Å². The Kier molecular flexibility index (Phi) is 5.33. The second-order valence-corrected chi connectivity index (χ2v) is 4.42. The first kappa shape index (κ1) is 13.0. The third-order valence-corrected chi connectivity index (χ3v) is 2.51. The molecule has 1 aromatic rings. The number of fused-ring (bicyclic) bond motifs is 1. The maximum atomic E-state index is 9.49. The van der Waals surface area contributed by atoms with Crippen molar-refractivity contribution in [1.29, 1.82) is 0 Å². The number of nitrogens with one attached hydrogen (secondary N) is 1. The van der Waals surface area contributed by atoms with Crippen LogP contribution in [-0.4, -0.2) is 11.3 Å². The molecule has 1 aromatic carbocycles. The van der Waals surface area contributed by atoms with Gasteiger partial charge in [-0.05, 0) is 37.8 Å². The molecular formula is C14H23NO. The average Bonchev–Trinajstić information content (AvgIpc) is 2.40. The van der Waals surface area contributed by atoms with Crippen molar-refractivity contribution in [2.24, 2.45) is 0 Å². The second kappa shape index (κ2) is 6.54. The van der Waals surface area contributed by atoms with Crippen LogP contribution in [0.2, 0.25) is 0 Å². The van der Waals surface area contributed by atoms with E-state index >= 15 is 0 Å². The van der Waals surface area contributed by atoms with Crippen molar-refractivity contribution in [1.82, 2.24) is 0 Å². The Labute approximate surface area is 98.7 Å². The normalized spacial score (nSPS) is 18.6. The fraction of sp³-hybridized carbons (Fsp3) is 0.571. The van der Waals surface area contributed by atoms with Gasteiger partial charge in [0.1, 0.15) is 6.23 Å². The summed E-state index contributed by atoms with van der Waals surface area (Å²) in [7, 11) is 0. The molecule has 0 saturated carbocycles. The minimum absolute atomic E-state index is 0.371. The van der Waals surface area contributed by atoms with E-state index in [0.29, 0.717) is 0 Å². The monoisotopic (exact) mass is 221 g/mol. The Morgan fingerprint density at radius 3 is 2.75 bits per heavy atom. The fourth-order valence-corrected chi connectivity index (χ4v) is 1.81. The molecule has 0 bridgehead atoms. The van der Waals surface area contributed by atoms with Gasteiger partial charge in [-0.1, -0.05) is 38.0 Å². The zero-order valence-corrected chi connectivity index (χ0v) is 10.6. The maximum Gasteiger partial charge on any atom is 0.124 e. The molecule has 0 aliphatic carbocycles. The van der Waals surface area contributed by atoms with E-state index in [1.54, 1.807) is 0 Å². The Morgan fingerprint density at radius 1 is 1.38 bits per heavy atom. The van der Waals surface area contributed by atoms with Gasteiger partial charge in [0, 0.05) is 5.69 Å². The molecule has 0 radical (unpaired) electrons. The Bertz CT molecular complexity index is 323. The van der Waals surface area contributed by atoms with Crippen molar-refractivity contribution < 1.29 is 5.11 Å². The molecule has 0 amide bonds. The highest BCUT2D eigenvalue weighted by Crippen LogP contribution is 2.23. The predicted molar refractivity (Wildman–Crippen MR) is 69.7 cm³/mol. The zero-order chi connectivity index (χ0) is 12.0. The van der Waals surface area contributed by atoms with Crippen molar-refractivity contribution in [3.05, 3.63) is 29.3 Å². The van der Waals surface area contributed by atoms with E-state index in [0.717, 1.165) is 24.9 Å². The molecule has 1 heterocycles. The molecule has 0 spiro atoms. The maximum absolute atomic E-state index is 9.49. The van der Waals surface area contributed by atoms with Gasteiger partial charge in [-0.3, -0.25) is 0 Å². The first-order valence-corrected chi connectivity index (χ1v) is 6.21. The standard InChI is InChI=1S/C11H15NO.C3H8/c1-8-5-6-10-9(7-8)3-2-4-11(13)12-10;1-3-2/h5-7,11-13H,2-4H2,1H3;3H2,1-2H3. The highest BCUT2D eigenvalue weighted by Gasteiger charge is 2.12. The van der Waals surface area contributed by atoms with Gasteiger partial charge in [0.25, 0.3) is 0 Å². The summed E-state index contributed by atoms with van der Waals surface area (Å²) in [4.78, 5) is 0. The van der Waals surface area contributed by atoms with Gasteiger partial charge in [-0.25, -0.2) is 0 Å². The SMILES string of the molecule is CCC.Cc1ccc2c(c1)CCCC(O)N2. The average molecular weight is 221 g/mol. The minimum atomic E-state index is -0.371. The smallest absolute Gasteiger partial charge is 0.124 e. The molecule has 16 heavy (non-hydrogen) atoms. The van der Waals surface area contributed by atoms with Gasteiger partial charge in [-0.2, -0.15) is 0 Å². The second-order valence-electron chi connectivity index (χ2n) is 4.42. The van der Waals surface area contributed by atoms with E-state index < -0.39 is 0 Å². The molecule has 1 atom stereocenters. The van der Waals surface area contributed by atoms with E-state index in [2.05, 4.69) is 44.3 Å². The number of hydrogen-bond acceptors (Lipinski definition) is 2. The number of aryl methyl sites for hydroxylation is 2. The molecular weight excluding hydrogens is 198 g/mol. The number of aliphatic hydroxyl groups is 1. The van der Waals surface area contributed by atoms with Gasteiger partial charge in [0.05, 0.1) is 0 Å². The largest absolute Gasteiger partial charge is 0.374 e. The summed E-state index contributed by atoms with van der Waals surface area (Å²) in [5.74, 6) is 0. The van der Waals surface area contributed by atoms with Crippen LogP contribution < -0.4 is 5.32 Å². The van der Waals surface area contributed by atoms with Gasteiger partial charge < -0.3 is 10.4 Å². The topological polar surface area (TPSA) is 32.3 Å². The third kappa shape index (κ3) is 3.86. The molecule has 90 valence electrons. The summed E-state index contributed by atoms with van der Waals surface area (Å²) < 4.78 is 0. The lowest BCUT2D eigenvalue weighted by Gasteiger charge is -2.12. The van der Waals surface area contributed by atoms with Crippen LogP contribution in [0.4, 0.5) is 5.69 Å². The van der Waals surface area contributed by atoms with E-state index in [9.17, 15) is 5.11 Å². The first-order valence-electron chi connectivity index (χ1n) is 6.21. The van der Waals surface area contributed by atoms with Gasteiger partial charge in [-0.15, -0.1) is 0 Å². The lowest BCUT2D eigenvalue weighted by molar-refractivity contribution is 0.192. The van der Waals surface area contributed by atoms with Crippen LogP contribution >= 0.6 is 0 Å². The molecule has 2 N–H and O–H groups in total. The summed E-state index contributed by atoms with van der Waals surface area (Å²) in [6.07, 6.45) is 3.85. The molecule has 1 unspecified atom stereocenters. The molecule has 0 saturated heterocycles. The van der Waals surface area contributed by atoms with E-state index in [1.165, 1.54) is 17.5 Å². The fourth-order valence-electron chi connectivity index (χ4n) is 1.81. The Balaban J connectivity index is 0.000000386. The Morgan fingerprint density at radius 2 is 2.06 bits per heavy atom. The molecule has 1 aliphatic heterocycles. The van der Waals surface area contributed by atoms with E-state index in [4.69, 9.17) is 0 Å². The number of aliphatic hydroxyl groups excluding tert-OH is 1. The van der Waals surface area contributed by atoms with Crippen LogP contribution in [0.5, 0.6) is 0 Å². The lowest BCUT2D eigenvalue weighted by Crippen LogP contribution is -2.16. The summed E-state index contributed by atoms with van der Waals surface area (Å²) >= 11 is 0. The van der Waals surface area contributed by atoms with E-state index in [1.807, 2.05) is 0 Å². The summed E-state index contributed by atoms with van der Waals surface area (Å²) in [5.41, 5.74) is 3.71. The van der Waals surface area contributed by atoms with Crippen molar-refractivity contribution in [2.75, 3.05) is 5.32 Å². The van der Waals surface area contributed by atoms with Crippen molar-refractivity contribution in [3.8, 4) is 0 Å². The lowest BCUT2D eigenvalue weighted by atomic mass is 10.1. The zero-order valence-electron chi connectivity index (χ0n) is 10.6. The van der Waals surface area contributed by atoms with Crippen LogP contribution in [0.3, 0.4) is 0 Å². The van der Waals surface area contributed by atoms with Crippen LogP contribution in [0, 0.1) is 6.92 Å². The number of benzene rings is 1. The Hall–Kier alpha value is -1.02. The molecule has 0 aromatic heterocycles. The predicted octanol–water partition coefficient (Wildman–Crippen LogP) is 3.48. The van der Waals surface area contributed by atoms with Crippen molar-refractivity contribution in [3.63, 3.8) is 0 Å². The van der Waals surface area contributed by atoms with Crippen LogP contribution in [0.15, 0.2) is 18.2 Å². The number of anilines is 1. The summed E-state index contributed by atoms with van der Waals surface area (Å²) in [6.45, 7) is 6.35. The molecule has 1 aliphatic rings. The summed E-state index contributed by atoms with van der Waals surface area (Å²) in [5, 5.41) is 12.6. The molecule has 2 heteroatoms. The van der Waals surface area contributed by atoms with Crippen molar-refractivity contribution >= 4 is 5.69 Å². The first-order chi connectivity index (χ1) is 7.67. The highest BCUT2D eigenvalue weighted by atomic mass is 16.3. The van der Waals surface area contributed by atoms with Gasteiger partial charge >= 0.3 is 0 Å². The third-order valence-electron chi connectivity index (χ3n) is 2.51. The van der Waals surface area contributed by atoms with Crippen LogP contribution in [0.25, 0.3) is 0 Å². The molecule has 2 rings (SSSR count). The molecule has 0 fully saturated rings. The highest BCUT2D eigenvalue weighted by molar-refractivity contribution is 5.53. The quantitative estimate of drug-likeness (QED) is 0.703. The number of rotatable bonds is 0. The van der Waals surface area contributed by atoms with E-state index in [-0.39, 0.29) is 6.23 Å². The van der Waals surface area contributed by atoms with Gasteiger partial charge in [0.2, 0.25) is 0 Å². The number of hydrogen-bond donors (Lipinski definition) is 2. The summed E-state index contributed by atoms with van der Waals surface area (Å²) in [6, 6.07) is 6.32. The van der Waals surface area contributed by atoms with Crippen LogP contribution in [0.1, 0.15) is 44.2 Å². The molecule has 2 nitrogen and oxygen atoms in total. The van der Waals surface area contributed by atoms with Crippen molar-refractivity contribution in [2.45, 2.75) is 52.7 Å². The minimum Gasteiger partial charge on any atom is -0.374 e.